The van der Waals surface area contributed by atoms with Gasteiger partial charge in [-0.2, -0.15) is 0 Å². The maximum atomic E-state index is 12.4. The van der Waals surface area contributed by atoms with Crippen LogP contribution >= 0.6 is 0 Å². The molecule has 228 valence electrons. The van der Waals surface area contributed by atoms with Crippen molar-refractivity contribution >= 4 is 11.4 Å². The van der Waals surface area contributed by atoms with Gasteiger partial charge >= 0.3 is 0 Å². The summed E-state index contributed by atoms with van der Waals surface area (Å²) < 4.78 is 16.5. The normalized spacial score (nSPS) is 15.9. The third-order valence-electron chi connectivity index (χ3n) is 7.91. The molecule has 1 unspecified atom stereocenters. The maximum absolute atomic E-state index is 12.4. The van der Waals surface area contributed by atoms with Gasteiger partial charge in [-0.3, -0.25) is 9.59 Å². The molecule has 3 aromatic carbocycles. The van der Waals surface area contributed by atoms with Crippen LogP contribution in [0.15, 0.2) is 46.0 Å². The largest absolute Gasteiger partial charge is 0.493 e. The fourth-order valence-corrected chi connectivity index (χ4v) is 5.43. The Labute approximate surface area is 248 Å². The molecule has 42 heavy (non-hydrogen) atoms. The molecule has 0 saturated carbocycles. The van der Waals surface area contributed by atoms with E-state index in [0.29, 0.717) is 37.0 Å². The number of hydrogen-bond acceptors (Lipinski definition) is 9. The van der Waals surface area contributed by atoms with Crippen LogP contribution in [-0.2, 0) is 24.0 Å². The summed E-state index contributed by atoms with van der Waals surface area (Å²) >= 11 is 0. The predicted octanol–water partition coefficient (Wildman–Crippen LogP) is 3.41. The zero-order valence-corrected chi connectivity index (χ0v) is 25.2. The van der Waals surface area contributed by atoms with Crippen LogP contribution in [0.1, 0.15) is 55.4 Å². The summed E-state index contributed by atoms with van der Waals surface area (Å²) in [6.07, 6.45) is 3.87. The van der Waals surface area contributed by atoms with Crippen LogP contribution in [0.2, 0.25) is 0 Å². The van der Waals surface area contributed by atoms with Gasteiger partial charge < -0.3 is 35.7 Å². The zero-order valence-electron chi connectivity index (χ0n) is 25.2. The fraction of sp³-hybridized carbons (Fsp3) is 0.515. The number of aliphatic hydroxyl groups excluding tert-OH is 1. The van der Waals surface area contributed by atoms with Crippen LogP contribution < -0.4 is 36.7 Å². The molecule has 1 aliphatic rings. The van der Waals surface area contributed by atoms with Gasteiger partial charge in [0.2, 0.25) is 0 Å². The SMILES string of the molecule is COCCCOc1cc(Cc2ccc3c(c2)C[C@@H](Nc2c(NCC(O)[C@@H](N)CCC(C)C)c(=O)c2=O)C3)ccc1OC. The van der Waals surface area contributed by atoms with Gasteiger partial charge in [0, 0.05) is 38.8 Å². The lowest BCUT2D eigenvalue weighted by Gasteiger charge is -2.23. The van der Waals surface area contributed by atoms with E-state index in [1.807, 2.05) is 18.2 Å². The van der Waals surface area contributed by atoms with Gasteiger partial charge in [-0.1, -0.05) is 38.1 Å². The van der Waals surface area contributed by atoms with Gasteiger partial charge in [0.05, 0.1) is 19.8 Å². The lowest BCUT2D eigenvalue weighted by Crippen LogP contribution is -2.44. The molecular weight excluding hydrogens is 534 g/mol. The number of fused-ring (bicyclic) bond motifs is 1. The van der Waals surface area contributed by atoms with E-state index in [1.165, 1.54) is 16.7 Å². The van der Waals surface area contributed by atoms with E-state index in [1.54, 1.807) is 14.2 Å². The van der Waals surface area contributed by atoms with Crippen molar-refractivity contribution in [1.82, 2.24) is 0 Å². The Morgan fingerprint density at radius 3 is 2.38 bits per heavy atom. The molecule has 1 aliphatic carbocycles. The average molecular weight is 580 g/mol. The van der Waals surface area contributed by atoms with Gasteiger partial charge in [-0.15, -0.1) is 0 Å². The number of rotatable bonds is 17. The molecule has 3 atom stereocenters. The minimum absolute atomic E-state index is 0.00501. The molecule has 9 heteroatoms. The maximum Gasteiger partial charge on any atom is 0.253 e. The molecule has 0 spiro atoms. The van der Waals surface area contributed by atoms with E-state index >= 15 is 0 Å². The Balaban J connectivity index is 1.35. The number of hydrogen-bond donors (Lipinski definition) is 4. The summed E-state index contributed by atoms with van der Waals surface area (Å²) in [4.78, 5) is 24.7. The second-order valence-electron chi connectivity index (χ2n) is 11.7. The van der Waals surface area contributed by atoms with Crippen LogP contribution in [0.25, 0.3) is 0 Å². The summed E-state index contributed by atoms with van der Waals surface area (Å²) in [6.45, 7) is 5.54. The second-order valence-corrected chi connectivity index (χ2v) is 11.7. The molecule has 0 bridgehead atoms. The fourth-order valence-electron chi connectivity index (χ4n) is 5.43. The van der Waals surface area contributed by atoms with E-state index in [4.69, 9.17) is 19.9 Å². The van der Waals surface area contributed by atoms with Gasteiger partial charge in [0.1, 0.15) is 11.4 Å². The molecule has 9 nitrogen and oxygen atoms in total. The van der Waals surface area contributed by atoms with Crippen LogP contribution in [0, 0.1) is 5.92 Å². The number of nitrogens with one attached hydrogen (secondary N) is 2. The summed E-state index contributed by atoms with van der Waals surface area (Å²) in [7, 11) is 3.31. The Morgan fingerprint density at radius 1 is 0.929 bits per heavy atom. The topological polar surface area (TPSA) is 132 Å². The number of anilines is 2. The third-order valence-corrected chi connectivity index (χ3v) is 7.91. The van der Waals surface area contributed by atoms with E-state index in [-0.39, 0.29) is 24.3 Å². The Hall–Kier alpha value is -3.40. The van der Waals surface area contributed by atoms with Crippen molar-refractivity contribution in [1.29, 1.82) is 0 Å². The van der Waals surface area contributed by atoms with Crippen molar-refractivity contribution in [3.05, 3.63) is 79.1 Å². The summed E-state index contributed by atoms with van der Waals surface area (Å²) in [6, 6.07) is 12.1. The van der Waals surface area contributed by atoms with E-state index in [0.717, 1.165) is 43.4 Å². The van der Waals surface area contributed by atoms with Gasteiger partial charge in [0.25, 0.3) is 10.9 Å². The number of aliphatic hydroxyl groups is 1. The first-order valence-electron chi connectivity index (χ1n) is 14.9. The lowest BCUT2D eigenvalue weighted by atomic mass is 10.00. The van der Waals surface area contributed by atoms with Crippen molar-refractivity contribution in [3.8, 4) is 11.5 Å². The summed E-state index contributed by atoms with van der Waals surface area (Å²) in [5.41, 5.74) is 10.3. The highest BCUT2D eigenvalue weighted by atomic mass is 16.5. The van der Waals surface area contributed by atoms with Crippen molar-refractivity contribution in [2.24, 2.45) is 11.7 Å². The number of benzene rings is 2. The van der Waals surface area contributed by atoms with Crippen LogP contribution in [0.4, 0.5) is 11.4 Å². The van der Waals surface area contributed by atoms with E-state index < -0.39 is 17.0 Å². The van der Waals surface area contributed by atoms with Crippen molar-refractivity contribution in [2.75, 3.05) is 44.6 Å². The highest BCUT2D eigenvalue weighted by Crippen LogP contribution is 2.31. The molecular formula is C33H45N3O6. The molecule has 4 rings (SSSR count). The first-order chi connectivity index (χ1) is 20.2. The van der Waals surface area contributed by atoms with Crippen molar-refractivity contribution in [3.63, 3.8) is 0 Å². The minimum Gasteiger partial charge on any atom is -0.493 e. The zero-order chi connectivity index (χ0) is 30.2. The van der Waals surface area contributed by atoms with E-state index in [9.17, 15) is 14.7 Å². The van der Waals surface area contributed by atoms with E-state index in [2.05, 4.69) is 42.7 Å². The highest BCUT2D eigenvalue weighted by Gasteiger charge is 2.28. The first kappa shape index (κ1) is 31.5. The van der Waals surface area contributed by atoms with Crippen LogP contribution in [0.5, 0.6) is 11.5 Å². The molecule has 3 aromatic rings. The quantitative estimate of drug-likeness (QED) is 0.140. The molecule has 5 N–H and O–H groups in total. The molecule has 0 amide bonds. The number of ether oxygens (including phenoxy) is 3. The second kappa shape index (κ2) is 14.7. The smallest absolute Gasteiger partial charge is 0.253 e. The number of methoxy groups -OCH3 is 2. The molecule has 0 heterocycles. The average Bonchev–Trinajstić information content (AvgIpc) is 3.39. The third kappa shape index (κ3) is 7.91. The molecule has 0 saturated heterocycles. The van der Waals surface area contributed by atoms with Gasteiger partial charge in [0.15, 0.2) is 11.5 Å². The molecule has 0 fully saturated rings. The summed E-state index contributed by atoms with van der Waals surface area (Å²) in [5.74, 6) is 1.92. The Morgan fingerprint density at radius 2 is 1.64 bits per heavy atom. The number of nitrogens with two attached hydrogens (primary N) is 1. The molecule has 0 radical (unpaired) electrons. The molecule has 0 aromatic heterocycles. The van der Waals surface area contributed by atoms with Crippen LogP contribution in [-0.4, -0.2) is 57.3 Å². The Kier molecular flexibility index (Phi) is 11.0. The summed E-state index contributed by atoms with van der Waals surface area (Å²) in [5, 5.41) is 16.7. The van der Waals surface area contributed by atoms with Crippen molar-refractivity contribution in [2.45, 2.75) is 70.6 Å². The molecule has 0 aliphatic heterocycles. The standard InChI is InChI=1S/C33H45N3O6/c1-20(2)6-10-26(34)27(37)19-35-30-31(33(39)32(30)38)36-25-17-23-9-7-21(15-24(23)18-25)14-22-8-11-28(41-4)29(16-22)42-13-5-12-40-3/h7-9,11,15-16,20,25-27,35-37H,5-6,10,12-14,17-19,34H2,1-4H3/t25-,26-,27?/m0/s1. The van der Waals surface area contributed by atoms with Gasteiger partial charge in [-0.25, -0.2) is 0 Å². The van der Waals surface area contributed by atoms with Crippen molar-refractivity contribution < 1.29 is 19.3 Å². The first-order valence-corrected chi connectivity index (χ1v) is 14.9. The predicted molar refractivity (Wildman–Crippen MR) is 167 cm³/mol. The Bertz CT molecular complexity index is 1400. The minimum atomic E-state index is -0.806. The lowest BCUT2D eigenvalue weighted by molar-refractivity contribution is 0.149. The van der Waals surface area contributed by atoms with Crippen LogP contribution in [0.3, 0.4) is 0 Å². The monoisotopic (exact) mass is 579 g/mol. The van der Waals surface area contributed by atoms with Gasteiger partial charge in [-0.05, 0) is 72.4 Å². The highest BCUT2D eigenvalue weighted by molar-refractivity contribution is 5.74.